The third-order valence-corrected chi connectivity index (χ3v) is 9.28. The molecular formula is C20H22N10O12P2-2. The van der Waals surface area contributed by atoms with Crippen molar-refractivity contribution < 1.29 is 56.7 Å². The maximum atomic E-state index is 13.2. The molecule has 7 rings (SSSR count). The molecule has 9 atom stereocenters. The van der Waals surface area contributed by atoms with Crippen LogP contribution in [0.25, 0.3) is 22.3 Å². The first kappa shape index (κ1) is 29.5. The van der Waals surface area contributed by atoms with Crippen LogP contribution in [-0.2, 0) is 42.4 Å². The third-order valence-electron chi connectivity index (χ3n) is 7.29. The molecule has 0 spiro atoms. The summed E-state index contributed by atoms with van der Waals surface area (Å²) in [5.74, 6) is -0.0229. The number of phosphoric ester groups is 2. The lowest BCUT2D eigenvalue weighted by molar-refractivity contribution is -0.285. The van der Waals surface area contributed by atoms with Crippen LogP contribution in [0.5, 0.6) is 0 Å². The molecule has 0 radical (unpaired) electrons. The highest BCUT2D eigenvalue weighted by molar-refractivity contribution is 7.46. The van der Waals surface area contributed by atoms with Gasteiger partial charge in [0.25, 0.3) is 15.6 Å². The lowest BCUT2D eigenvalue weighted by Gasteiger charge is -2.46. The number of phosphoric acid groups is 2. The van der Waals surface area contributed by atoms with Gasteiger partial charge in [0.05, 0.1) is 32.5 Å². The zero-order chi connectivity index (χ0) is 31.0. The Bertz CT molecular complexity index is 1840. The second kappa shape index (κ2) is 10.4. The maximum Gasteiger partial charge on any atom is 0.268 e. The minimum atomic E-state index is -5.46. The van der Waals surface area contributed by atoms with Crippen molar-refractivity contribution in [1.29, 1.82) is 0 Å². The molecule has 44 heavy (non-hydrogen) atoms. The molecule has 7 heterocycles. The summed E-state index contributed by atoms with van der Waals surface area (Å²) in [6, 6.07) is 0. The van der Waals surface area contributed by atoms with E-state index in [1.54, 1.807) is 0 Å². The fourth-order valence-corrected chi connectivity index (χ4v) is 7.40. The summed E-state index contributed by atoms with van der Waals surface area (Å²) in [5, 5.41) is 22.9. The standard InChI is InChI=1S/C20H24N10O12P2/c21-15-10-17(25-4-23-15)29(6-27-10)19-12(31)13-8(39-19)2-38-43(33,34)42-14-9(40-44(35,36)41-13)1-37-3-20(14,32)30-7-28-11-16(22)24-5-26-18(11)30/h4-9,12-14,19,31-32H,1-3H2,(H,33,34)(H,35,36)(H2,21,23,25)(H2,22,24,26)/p-2/t8-,9-,12?,13?,14?,19-,20?/m1/s1. The van der Waals surface area contributed by atoms with Crippen LogP contribution < -0.4 is 21.3 Å². The second-order valence-corrected chi connectivity index (χ2v) is 12.7. The minimum absolute atomic E-state index is 0.0294. The van der Waals surface area contributed by atoms with E-state index in [0.717, 1.165) is 23.5 Å². The van der Waals surface area contributed by atoms with Gasteiger partial charge < -0.3 is 59.0 Å². The van der Waals surface area contributed by atoms with Gasteiger partial charge in [-0.05, 0) is 0 Å². The summed E-state index contributed by atoms with van der Waals surface area (Å²) in [6.45, 7) is -2.09. The number of aromatic nitrogens is 8. The van der Waals surface area contributed by atoms with Gasteiger partial charge in [0.1, 0.15) is 54.2 Å². The van der Waals surface area contributed by atoms with E-state index in [0.29, 0.717) is 0 Å². The molecule has 0 amide bonds. The lowest BCUT2D eigenvalue weighted by atomic mass is 9.99. The molecule has 0 aromatic carbocycles. The quantitative estimate of drug-likeness (QED) is 0.155. The summed E-state index contributed by atoms with van der Waals surface area (Å²) in [6.07, 6.45) is -5.77. The van der Waals surface area contributed by atoms with Gasteiger partial charge in [-0.2, -0.15) is 0 Å². The monoisotopic (exact) mass is 656 g/mol. The van der Waals surface area contributed by atoms with Crippen LogP contribution in [0.1, 0.15) is 6.23 Å². The van der Waals surface area contributed by atoms with Crippen LogP contribution in [0, 0.1) is 0 Å². The summed E-state index contributed by atoms with van der Waals surface area (Å²) >= 11 is 0. The van der Waals surface area contributed by atoms with E-state index in [1.807, 2.05) is 0 Å². The predicted molar refractivity (Wildman–Crippen MR) is 136 cm³/mol. The van der Waals surface area contributed by atoms with Crippen molar-refractivity contribution in [2.24, 2.45) is 0 Å². The maximum absolute atomic E-state index is 13.2. The van der Waals surface area contributed by atoms with Crippen molar-refractivity contribution in [2.75, 3.05) is 31.3 Å². The SMILES string of the molecule is Nc1ncnc2c1ncn2[C@@H]1O[C@@H]2COP(=O)([O-])OC3[C@@H](COCC3(O)n3cnc4c(N)ncnc43)OP(=O)([O-])OC2C1O. The molecule has 4 aromatic heterocycles. The van der Waals surface area contributed by atoms with Crippen molar-refractivity contribution in [2.45, 2.75) is 42.5 Å². The molecule has 0 aliphatic carbocycles. The van der Waals surface area contributed by atoms with Crippen molar-refractivity contribution in [3.05, 3.63) is 25.3 Å². The number of imidazole rings is 2. The largest absolute Gasteiger partial charge is 0.756 e. The van der Waals surface area contributed by atoms with E-state index in [2.05, 4.69) is 29.9 Å². The number of hydrogen-bond donors (Lipinski definition) is 4. The molecule has 6 N–H and O–H groups in total. The van der Waals surface area contributed by atoms with Crippen molar-refractivity contribution in [1.82, 2.24) is 39.0 Å². The van der Waals surface area contributed by atoms with Crippen LogP contribution in [0.2, 0.25) is 0 Å². The average molecular weight is 656 g/mol. The number of rotatable bonds is 2. The van der Waals surface area contributed by atoms with E-state index in [-0.39, 0.29) is 34.0 Å². The second-order valence-electron chi connectivity index (χ2n) is 10.0. The van der Waals surface area contributed by atoms with E-state index >= 15 is 0 Å². The van der Waals surface area contributed by atoms with Gasteiger partial charge >= 0.3 is 0 Å². The van der Waals surface area contributed by atoms with E-state index in [9.17, 15) is 29.1 Å². The number of nitrogens with two attached hydrogens (primary N) is 2. The number of aliphatic hydroxyl groups excluding tert-OH is 1. The molecule has 4 aromatic rings. The van der Waals surface area contributed by atoms with Gasteiger partial charge in [0.2, 0.25) is 0 Å². The number of fused-ring (bicyclic) bond motifs is 4. The first-order valence-electron chi connectivity index (χ1n) is 12.7. The average Bonchev–Trinajstić information content (AvgIpc) is 3.67. The van der Waals surface area contributed by atoms with Gasteiger partial charge in [0.15, 0.2) is 34.9 Å². The van der Waals surface area contributed by atoms with Crippen LogP contribution in [-0.4, -0.2) is 99.6 Å². The molecule has 236 valence electrons. The first-order chi connectivity index (χ1) is 20.9. The van der Waals surface area contributed by atoms with E-state index in [4.69, 9.17) is 39.0 Å². The van der Waals surface area contributed by atoms with Crippen molar-refractivity contribution in [3.63, 3.8) is 0 Å². The molecule has 0 bridgehead atoms. The third kappa shape index (κ3) is 4.85. The van der Waals surface area contributed by atoms with Crippen LogP contribution >= 0.6 is 15.6 Å². The smallest absolute Gasteiger partial charge is 0.268 e. The molecule has 3 aliphatic rings. The Balaban J connectivity index is 1.23. The molecule has 0 saturated carbocycles. The van der Waals surface area contributed by atoms with Gasteiger partial charge in [0, 0.05) is 0 Å². The summed E-state index contributed by atoms with van der Waals surface area (Å²) in [5.41, 5.74) is 9.45. The number of nitrogen functional groups attached to an aromatic ring is 2. The number of hydrogen-bond acceptors (Lipinski definition) is 20. The lowest BCUT2D eigenvalue weighted by Crippen LogP contribution is -2.60. The molecule has 6 unspecified atom stereocenters. The molecule has 3 fully saturated rings. The molecule has 24 heteroatoms. The Morgan fingerprint density at radius 3 is 2.32 bits per heavy atom. The first-order valence-corrected chi connectivity index (χ1v) is 15.6. The summed E-state index contributed by atoms with van der Waals surface area (Å²) in [4.78, 5) is 50.2. The summed E-state index contributed by atoms with van der Waals surface area (Å²) in [7, 11) is -10.9. The van der Waals surface area contributed by atoms with Gasteiger partial charge in [-0.1, -0.05) is 0 Å². The Hall–Kier alpha value is -3.24. The van der Waals surface area contributed by atoms with Gasteiger partial charge in [-0.25, -0.2) is 29.9 Å². The number of nitrogens with zero attached hydrogens (tertiary/aromatic N) is 8. The fourth-order valence-electron chi connectivity index (χ4n) is 5.32. The van der Waals surface area contributed by atoms with Gasteiger partial charge in [-0.3, -0.25) is 18.3 Å². The Morgan fingerprint density at radius 1 is 0.886 bits per heavy atom. The predicted octanol–water partition coefficient (Wildman–Crippen LogP) is -3.11. The number of aliphatic hydroxyl groups is 2. The highest BCUT2D eigenvalue weighted by Gasteiger charge is 2.54. The number of ether oxygens (including phenoxy) is 2. The minimum Gasteiger partial charge on any atom is -0.756 e. The van der Waals surface area contributed by atoms with E-state index < -0.39 is 77.9 Å². The Morgan fingerprint density at radius 2 is 1.57 bits per heavy atom. The highest BCUT2D eigenvalue weighted by Crippen LogP contribution is 2.53. The Labute approximate surface area is 244 Å². The summed E-state index contributed by atoms with van der Waals surface area (Å²) < 4.78 is 60.5. The Kier molecular flexibility index (Phi) is 6.97. The molecule has 3 aliphatic heterocycles. The molecular weight excluding hydrogens is 634 g/mol. The normalized spacial score (nSPS) is 38.3. The van der Waals surface area contributed by atoms with Crippen LogP contribution in [0.4, 0.5) is 11.6 Å². The highest BCUT2D eigenvalue weighted by atomic mass is 31.2. The van der Waals surface area contributed by atoms with E-state index in [1.165, 1.54) is 10.9 Å². The molecule has 3 saturated heterocycles. The topological polar surface area (TPSA) is 315 Å². The molecule has 22 nitrogen and oxygen atoms in total. The van der Waals surface area contributed by atoms with Crippen molar-refractivity contribution in [3.8, 4) is 0 Å². The van der Waals surface area contributed by atoms with Crippen LogP contribution in [0.3, 0.4) is 0 Å². The van der Waals surface area contributed by atoms with Gasteiger partial charge in [-0.15, -0.1) is 0 Å². The fraction of sp³-hybridized carbons (Fsp3) is 0.500. The zero-order valence-corrected chi connectivity index (χ0v) is 23.8. The van der Waals surface area contributed by atoms with Crippen molar-refractivity contribution >= 4 is 49.6 Å². The zero-order valence-electron chi connectivity index (χ0n) is 22.0. The number of anilines is 2. The van der Waals surface area contributed by atoms with Crippen LogP contribution in [0.15, 0.2) is 25.3 Å².